The molecule has 1 aromatic rings. The fourth-order valence-electron chi connectivity index (χ4n) is 2.14. The molecular formula is C13H21N3O. The van der Waals surface area contributed by atoms with Gasteiger partial charge < -0.3 is 9.64 Å². The van der Waals surface area contributed by atoms with Gasteiger partial charge in [-0.05, 0) is 32.1 Å². The van der Waals surface area contributed by atoms with Crippen molar-refractivity contribution in [2.75, 3.05) is 40.3 Å². The summed E-state index contributed by atoms with van der Waals surface area (Å²) in [5.74, 6) is 0.685. The van der Waals surface area contributed by atoms with Gasteiger partial charge in [-0.3, -0.25) is 4.90 Å². The highest BCUT2D eigenvalue weighted by Gasteiger charge is 2.12. The minimum absolute atomic E-state index is 0.685. The third-order valence-electron chi connectivity index (χ3n) is 3.23. The molecule has 94 valence electrons. The number of nitrogens with zero attached hydrogens (tertiary/aromatic N) is 3. The number of hydrogen-bond acceptors (Lipinski definition) is 4. The number of pyridine rings is 1. The normalized spacial score (nSPS) is 18.9. The summed E-state index contributed by atoms with van der Waals surface area (Å²) >= 11 is 0. The predicted molar refractivity (Wildman–Crippen MR) is 68.2 cm³/mol. The SMILES string of the molecule is COc1ccc(CN2CCCN(C)CC2)cn1. The third kappa shape index (κ3) is 3.68. The molecule has 1 aromatic heterocycles. The van der Waals surface area contributed by atoms with E-state index in [0.717, 1.165) is 19.6 Å². The van der Waals surface area contributed by atoms with Crippen LogP contribution in [0.5, 0.6) is 5.88 Å². The zero-order valence-corrected chi connectivity index (χ0v) is 10.7. The van der Waals surface area contributed by atoms with Gasteiger partial charge in [0.15, 0.2) is 0 Å². The van der Waals surface area contributed by atoms with Gasteiger partial charge in [0.2, 0.25) is 5.88 Å². The van der Waals surface area contributed by atoms with Crippen molar-refractivity contribution < 1.29 is 4.74 Å². The lowest BCUT2D eigenvalue weighted by Gasteiger charge is -2.19. The van der Waals surface area contributed by atoms with Crippen molar-refractivity contribution in [3.8, 4) is 5.88 Å². The maximum Gasteiger partial charge on any atom is 0.212 e. The number of ether oxygens (including phenoxy) is 1. The number of aromatic nitrogens is 1. The van der Waals surface area contributed by atoms with Crippen LogP contribution in [0.3, 0.4) is 0 Å². The van der Waals surface area contributed by atoms with Crippen LogP contribution >= 0.6 is 0 Å². The van der Waals surface area contributed by atoms with Crippen LogP contribution in [0.15, 0.2) is 18.3 Å². The summed E-state index contributed by atoms with van der Waals surface area (Å²) in [5, 5.41) is 0. The van der Waals surface area contributed by atoms with Crippen molar-refractivity contribution in [3.63, 3.8) is 0 Å². The van der Waals surface area contributed by atoms with Gasteiger partial charge >= 0.3 is 0 Å². The largest absolute Gasteiger partial charge is 0.481 e. The molecule has 0 unspecified atom stereocenters. The fourth-order valence-corrected chi connectivity index (χ4v) is 2.14. The molecule has 1 aliphatic rings. The number of rotatable bonds is 3. The lowest BCUT2D eigenvalue weighted by atomic mass is 10.2. The molecule has 0 amide bonds. The Morgan fingerprint density at radius 3 is 2.82 bits per heavy atom. The van der Waals surface area contributed by atoms with Gasteiger partial charge in [0, 0.05) is 31.9 Å². The molecule has 0 aromatic carbocycles. The highest BCUT2D eigenvalue weighted by Crippen LogP contribution is 2.10. The van der Waals surface area contributed by atoms with E-state index in [9.17, 15) is 0 Å². The van der Waals surface area contributed by atoms with E-state index in [1.54, 1.807) is 7.11 Å². The highest BCUT2D eigenvalue weighted by molar-refractivity contribution is 5.17. The van der Waals surface area contributed by atoms with Crippen LogP contribution in [0, 0.1) is 0 Å². The molecule has 2 heterocycles. The molecule has 1 aliphatic heterocycles. The number of hydrogen-bond donors (Lipinski definition) is 0. The van der Waals surface area contributed by atoms with Crippen LogP contribution < -0.4 is 4.74 Å². The second-order valence-corrected chi connectivity index (χ2v) is 4.64. The molecule has 1 saturated heterocycles. The Balaban J connectivity index is 1.90. The summed E-state index contributed by atoms with van der Waals surface area (Å²) in [6, 6.07) is 4.03. The summed E-state index contributed by atoms with van der Waals surface area (Å²) in [6.45, 7) is 5.67. The number of likely N-dealkylation sites (N-methyl/N-ethyl adjacent to an activating group) is 1. The van der Waals surface area contributed by atoms with E-state index in [1.165, 1.54) is 25.1 Å². The van der Waals surface area contributed by atoms with E-state index in [-0.39, 0.29) is 0 Å². The second kappa shape index (κ2) is 5.98. The van der Waals surface area contributed by atoms with Crippen molar-refractivity contribution in [1.29, 1.82) is 0 Å². The molecule has 0 bridgehead atoms. The molecule has 4 nitrogen and oxygen atoms in total. The first-order valence-electron chi connectivity index (χ1n) is 6.18. The first kappa shape index (κ1) is 12.3. The first-order valence-corrected chi connectivity index (χ1v) is 6.18. The van der Waals surface area contributed by atoms with Crippen LogP contribution in [-0.4, -0.2) is 55.1 Å². The molecule has 0 atom stereocenters. The lowest BCUT2D eigenvalue weighted by molar-refractivity contribution is 0.269. The van der Waals surface area contributed by atoms with Crippen LogP contribution in [0.25, 0.3) is 0 Å². The summed E-state index contributed by atoms with van der Waals surface area (Å²) in [7, 11) is 3.84. The zero-order valence-electron chi connectivity index (χ0n) is 10.7. The lowest BCUT2D eigenvalue weighted by Crippen LogP contribution is -2.28. The maximum absolute atomic E-state index is 5.06. The van der Waals surface area contributed by atoms with Gasteiger partial charge in [-0.1, -0.05) is 6.07 Å². The van der Waals surface area contributed by atoms with Crippen LogP contribution in [0.4, 0.5) is 0 Å². The Kier molecular flexibility index (Phi) is 4.34. The van der Waals surface area contributed by atoms with E-state index in [0.29, 0.717) is 5.88 Å². The predicted octanol–water partition coefficient (Wildman–Crippen LogP) is 1.23. The van der Waals surface area contributed by atoms with Gasteiger partial charge in [0.1, 0.15) is 0 Å². The van der Waals surface area contributed by atoms with E-state index < -0.39 is 0 Å². The fraction of sp³-hybridized carbons (Fsp3) is 0.615. The standard InChI is InChI=1S/C13H21N3O/c1-15-6-3-7-16(9-8-15)11-12-4-5-13(17-2)14-10-12/h4-5,10H,3,6-9,11H2,1-2H3. The minimum Gasteiger partial charge on any atom is -0.481 e. The molecule has 0 aliphatic carbocycles. The monoisotopic (exact) mass is 235 g/mol. The Morgan fingerprint density at radius 2 is 2.12 bits per heavy atom. The van der Waals surface area contributed by atoms with Crippen molar-refractivity contribution in [2.45, 2.75) is 13.0 Å². The molecule has 4 heteroatoms. The second-order valence-electron chi connectivity index (χ2n) is 4.64. The van der Waals surface area contributed by atoms with Crippen molar-refractivity contribution in [1.82, 2.24) is 14.8 Å². The van der Waals surface area contributed by atoms with E-state index in [4.69, 9.17) is 4.74 Å². The molecule has 0 spiro atoms. The summed E-state index contributed by atoms with van der Waals surface area (Å²) in [5.41, 5.74) is 1.26. The summed E-state index contributed by atoms with van der Waals surface area (Å²) in [4.78, 5) is 9.13. The van der Waals surface area contributed by atoms with Gasteiger partial charge in [0.05, 0.1) is 7.11 Å². The Bertz CT molecular complexity index is 339. The van der Waals surface area contributed by atoms with Gasteiger partial charge in [-0.15, -0.1) is 0 Å². The third-order valence-corrected chi connectivity index (χ3v) is 3.23. The molecule has 0 radical (unpaired) electrons. The van der Waals surface area contributed by atoms with Gasteiger partial charge in [0.25, 0.3) is 0 Å². The molecule has 17 heavy (non-hydrogen) atoms. The van der Waals surface area contributed by atoms with Crippen molar-refractivity contribution in [2.24, 2.45) is 0 Å². The average molecular weight is 235 g/mol. The van der Waals surface area contributed by atoms with Gasteiger partial charge in [-0.2, -0.15) is 0 Å². The van der Waals surface area contributed by atoms with E-state index in [1.807, 2.05) is 12.3 Å². The highest BCUT2D eigenvalue weighted by atomic mass is 16.5. The van der Waals surface area contributed by atoms with E-state index in [2.05, 4.69) is 27.9 Å². The van der Waals surface area contributed by atoms with Crippen LogP contribution in [0.1, 0.15) is 12.0 Å². The summed E-state index contributed by atoms with van der Waals surface area (Å²) in [6.07, 6.45) is 3.16. The quantitative estimate of drug-likeness (QED) is 0.788. The first-order chi connectivity index (χ1) is 8.28. The topological polar surface area (TPSA) is 28.6 Å². The molecule has 1 fully saturated rings. The van der Waals surface area contributed by atoms with Crippen molar-refractivity contribution in [3.05, 3.63) is 23.9 Å². The Labute approximate surface area is 103 Å². The zero-order chi connectivity index (χ0) is 12.1. The Morgan fingerprint density at radius 1 is 1.24 bits per heavy atom. The van der Waals surface area contributed by atoms with Crippen LogP contribution in [0.2, 0.25) is 0 Å². The Hall–Kier alpha value is -1.13. The molecular weight excluding hydrogens is 214 g/mol. The van der Waals surface area contributed by atoms with E-state index >= 15 is 0 Å². The smallest absolute Gasteiger partial charge is 0.212 e. The molecule has 0 saturated carbocycles. The molecule has 0 N–H and O–H groups in total. The summed E-state index contributed by atoms with van der Waals surface area (Å²) < 4.78 is 5.06. The molecule has 2 rings (SSSR count). The maximum atomic E-state index is 5.06. The minimum atomic E-state index is 0.685. The van der Waals surface area contributed by atoms with Crippen molar-refractivity contribution >= 4 is 0 Å². The number of methoxy groups -OCH3 is 1. The average Bonchev–Trinajstić information content (AvgIpc) is 2.56. The van der Waals surface area contributed by atoms with Crippen LogP contribution in [-0.2, 0) is 6.54 Å². The van der Waals surface area contributed by atoms with Gasteiger partial charge in [-0.25, -0.2) is 4.98 Å².